The van der Waals surface area contributed by atoms with Gasteiger partial charge >= 0.3 is 12.4 Å². The second-order valence-corrected chi connectivity index (χ2v) is 3.23. The monoisotopic (exact) mass is 259 g/mol. The van der Waals surface area contributed by atoms with E-state index in [1.807, 2.05) is 0 Å². The first-order chi connectivity index (χ1) is 7.57. The van der Waals surface area contributed by atoms with E-state index in [9.17, 15) is 26.3 Å². The third-order valence-electron chi connectivity index (χ3n) is 2.01. The van der Waals surface area contributed by atoms with Crippen LogP contribution in [0.3, 0.4) is 0 Å². The third-order valence-corrected chi connectivity index (χ3v) is 2.01. The molecule has 0 unspecified atom stereocenters. The third kappa shape index (κ3) is 2.82. The Kier molecular flexibility index (Phi) is 3.28. The summed E-state index contributed by atoms with van der Waals surface area (Å²) in [7, 11) is 0. The Bertz CT molecular complexity index is 423. The molecule has 0 aliphatic heterocycles. The van der Waals surface area contributed by atoms with Gasteiger partial charge in [0.15, 0.2) is 0 Å². The van der Waals surface area contributed by atoms with Crippen LogP contribution in [0, 0.1) is 0 Å². The highest BCUT2D eigenvalue weighted by molar-refractivity contribution is 5.44. The van der Waals surface area contributed by atoms with Gasteiger partial charge in [-0.25, -0.2) is 0 Å². The van der Waals surface area contributed by atoms with Crippen LogP contribution < -0.4 is 5.73 Å². The highest BCUT2D eigenvalue weighted by Gasteiger charge is 2.44. The molecule has 0 saturated heterocycles. The molecule has 0 heterocycles. The lowest BCUT2D eigenvalue weighted by Gasteiger charge is -2.18. The summed E-state index contributed by atoms with van der Waals surface area (Å²) < 4.78 is 74.8. The smallest absolute Gasteiger partial charge is 0.417 e. The van der Waals surface area contributed by atoms with Crippen molar-refractivity contribution in [3.63, 3.8) is 0 Å². The molecule has 17 heavy (non-hydrogen) atoms. The number of rotatable bonds is 1. The quantitative estimate of drug-likeness (QED) is 0.762. The number of aromatic hydroxyl groups is 1. The van der Waals surface area contributed by atoms with Crippen molar-refractivity contribution in [3.8, 4) is 5.75 Å². The molecule has 0 amide bonds. The topological polar surface area (TPSA) is 46.2 Å². The molecule has 0 fully saturated rings. The zero-order valence-corrected chi connectivity index (χ0v) is 8.15. The number of nitrogens with two attached hydrogens (primary N) is 1. The zero-order chi connectivity index (χ0) is 13.4. The first-order valence-electron chi connectivity index (χ1n) is 4.27. The van der Waals surface area contributed by atoms with Crippen LogP contribution in [0.4, 0.5) is 26.3 Å². The Hall–Kier alpha value is -1.44. The molecule has 0 atom stereocenters. The fourth-order valence-corrected chi connectivity index (χ4v) is 1.40. The molecule has 96 valence electrons. The van der Waals surface area contributed by atoms with Gasteiger partial charge in [-0.3, -0.25) is 0 Å². The van der Waals surface area contributed by atoms with Crippen molar-refractivity contribution in [2.45, 2.75) is 18.9 Å². The van der Waals surface area contributed by atoms with Gasteiger partial charge in [0.05, 0.1) is 11.1 Å². The lowest BCUT2D eigenvalue weighted by Crippen LogP contribution is -2.20. The molecule has 2 nitrogen and oxygen atoms in total. The number of phenols is 1. The summed E-state index contributed by atoms with van der Waals surface area (Å²) in [6.07, 6.45) is -10.4. The Labute approximate surface area is 91.7 Å². The predicted molar refractivity (Wildman–Crippen MR) is 46.0 cm³/mol. The molecule has 0 saturated carbocycles. The molecule has 3 N–H and O–H groups in total. The van der Waals surface area contributed by atoms with E-state index >= 15 is 0 Å². The predicted octanol–water partition coefficient (Wildman–Crippen LogP) is 2.89. The van der Waals surface area contributed by atoms with Crippen molar-refractivity contribution in [1.82, 2.24) is 0 Å². The fraction of sp³-hybridized carbons (Fsp3) is 0.333. The maximum absolute atomic E-state index is 12.5. The van der Waals surface area contributed by atoms with Crippen LogP contribution in [0.2, 0.25) is 0 Å². The van der Waals surface area contributed by atoms with Gasteiger partial charge in [-0.1, -0.05) is 0 Å². The van der Waals surface area contributed by atoms with Gasteiger partial charge in [0, 0.05) is 6.54 Å². The SMILES string of the molecule is NCc1cc(O)cc(C(F)(F)F)c1C(F)(F)F. The number of phenolic OH excluding ortho intramolecular Hbond substituents is 1. The standard InChI is InChI=1S/C9H7F6NO/c10-8(11,12)6-2-5(17)1-4(3-16)7(6)9(13,14)15/h1-2,17H,3,16H2. The van der Waals surface area contributed by atoms with E-state index in [1.165, 1.54) is 0 Å². The number of alkyl halides is 6. The Balaban J connectivity index is 3.63. The highest BCUT2D eigenvalue weighted by atomic mass is 19.4. The van der Waals surface area contributed by atoms with Crippen molar-refractivity contribution in [1.29, 1.82) is 0 Å². The van der Waals surface area contributed by atoms with E-state index in [0.717, 1.165) is 0 Å². The Morgan fingerprint density at radius 2 is 1.53 bits per heavy atom. The summed E-state index contributed by atoms with van der Waals surface area (Å²) in [6, 6.07) is 0.597. The lowest BCUT2D eigenvalue weighted by molar-refractivity contribution is -0.162. The van der Waals surface area contributed by atoms with E-state index in [1.54, 1.807) is 0 Å². The largest absolute Gasteiger partial charge is 0.508 e. The molecular formula is C9H7F6NO. The van der Waals surface area contributed by atoms with Crippen LogP contribution >= 0.6 is 0 Å². The molecule has 8 heteroatoms. The summed E-state index contributed by atoms with van der Waals surface area (Å²) in [5, 5.41) is 8.96. The first-order valence-corrected chi connectivity index (χ1v) is 4.27. The summed E-state index contributed by atoms with van der Waals surface area (Å²) >= 11 is 0. The lowest BCUT2D eigenvalue weighted by atomic mass is 9.99. The number of hydrogen-bond donors (Lipinski definition) is 2. The summed E-state index contributed by atoms with van der Waals surface area (Å²) in [4.78, 5) is 0. The molecule has 0 aromatic heterocycles. The van der Waals surface area contributed by atoms with Crippen molar-refractivity contribution in [2.75, 3.05) is 0 Å². The number of halogens is 6. The average molecular weight is 259 g/mol. The highest BCUT2D eigenvalue weighted by Crippen LogP contribution is 2.43. The van der Waals surface area contributed by atoms with Crippen molar-refractivity contribution < 1.29 is 31.4 Å². The molecule has 1 aromatic carbocycles. The van der Waals surface area contributed by atoms with E-state index in [0.29, 0.717) is 6.07 Å². The summed E-state index contributed by atoms with van der Waals surface area (Å²) in [6.45, 7) is -0.758. The van der Waals surface area contributed by atoms with E-state index in [4.69, 9.17) is 10.8 Å². The van der Waals surface area contributed by atoms with Crippen LogP contribution in [0.1, 0.15) is 16.7 Å². The Morgan fingerprint density at radius 1 is 1.00 bits per heavy atom. The van der Waals surface area contributed by atoms with Crippen LogP contribution in [0.5, 0.6) is 5.75 Å². The fourth-order valence-electron chi connectivity index (χ4n) is 1.40. The van der Waals surface area contributed by atoms with Gasteiger partial charge in [0.25, 0.3) is 0 Å². The van der Waals surface area contributed by atoms with Gasteiger partial charge in [0.2, 0.25) is 0 Å². The van der Waals surface area contributed by atoms with Crippen LogP contribution in [-0.2, 0) is 18.9 Å². The summed E-state index contributed by atoms with van der Waals surface area (Å²) in [5.41, 5.74) is 0.353. The Morgan fingerprint density at radius 3 is 1.88 bits per heavy atom. The van der Waals surface area contributed by atoms with E-state index in [-0.39, 0.29) is 6.07 Å². The van der Waals surface area contributed by atoms with Crippen LogP contribution in [-0.4, -0.2) is 5.11 Å². The minimum Gasteiger partial charge on any atom is -0.508 e. The van der Waals surface area contributed by atoms with Gasteiger partial charge in [-0.05, 0) is 17.7 Å². The molecule has 0 radical (unpaired) electrons. The van der Waals surface area contributed by atoms with Crippen LogP contribution in [0.15, 0.2) is 12.1 Å². The van der Waals surface area contributed by atoms with Gasteiger partial charge in [0.1, 0.15) is 5.75 Å². The van der Waals surface area contributed by atoms with E-state index in [2.05, 4.69) is 0 Å². The molecule has 1 aromatic rings. The molecular weight excluding hydrogens is 252 g/mol. The van der Waals surface area contributed by atoms with E-state index < -0.39 is 41.3 Å². The second-order valence-electron chi connectivity index (χ2n) is 3.23. The second kappa shape index (κ2) is 4.10. The van der Waals surface area contributed by atoms with Gasteiger partial charge in [-0.2, -0.15) is 26.3 Å². The molecule has 0 spiro atoms. The van der Waals surface area contributed by atoms with Gasteiger partial charge < -0.3 is 10.8 Å². The zero-order valence-electron chi connectivity index (χ0n) is 8.15. The maximum Gasteiger partial charge on any atom is 0.417 e. The average Bonchev–Trinajstić information content (AvgIpc) is 2.12. The maximum atomic E-state index is 12.5. The molecule has 0 aliphatic carbocycles. The number of benzene rings is 1. The van der Waals surface area contributed by atoms with Gasteiger partial charge in [-0.15, -0.1) is 0 Å². The number of hydrogen-bond acceptors (Lipinski definition) is 2. The van der Waals surface area contributed by atoms with Crippen molar-refractivity contribution >= 4 is 0 Å². The first kappa shape index (κ1) is 13.6. The minimum absolute atomic E-state index is 0.0297. The minimum atomic E-state index is -5.21. The molecule has 1 rings (SSSR count). The van der Waals surface area contributed by atoms with Crippen LogP contribution in [0.25, 0.3) is 0 Å². The molecule has 0 aliphatic rings. The summed E-state index contributed by atoms with van der Waals surface area (Å²) in [5.74, 6) is -0.911. The van der Waals surface area contributed by atoms with Crippen molar-refractivity contribution in [2.24, 2.45) is 5.73 Å². The normalized spacial score (nSPS) is 12.9. The van der Waals surface area contributed by atoms with Crippen molar-refractivity contribution in [3.05, 3.63) is 28.8 Å². The molecule has 0 bridgehead atoms.